The lowest BCUT2D eigenvalue weighted by Gasteiger charge is -2.35. The molecule has 0 saturated heterocycles. The Labute approximate surface area is 178 Å². The predicted molar refractivity (Wildman–Crippen MR) is 119 cm³/mol. The van der Waals surface area contributed by atoms with Crippen LogP contribution in [0.1, 0.15) is 42.0 Å². The van der Waals surface area contributed by atoms with Gasteiger partial charge in [-0.2, -0.15) is 0 Å². The fraction of sp³-hybridized carbons (Fsp3) is 0.375. The lowest BCUT2D eigenvalue weighted by molar-refractivity contribution is 0.182. The first-order valence-corrected chi connectivity index (χ1v) is 12.3. The number of hydrogen-bond acceptors (Lipinski definition) is 4. The molecule has 2 aromatic carbocycles. The number of pyridine rings is 1. The summed E-state index contributed by atoms with van der Waals surface area (Å²) in [7, 11) is -3.57. The van der Waals surface area contributed by atoms with Crippen LogP contribution in [0.25, 0.3) is 10.9 Å². The number of rotatable bonds is 7. The molecule has 1 atom stereocenters. The minimum Gasteiger partial charge on any atom is -0.296 e. The van der Waals surface area contributed by atoms with Crippen molar-refractivity contribution in [1.29, 1.82) is 0 Å². The van der Waals surface area contributed by atoms with Gasteiger partial charge in [-0.3, -0.25) is 9.88 Å². The van der Waals surface area contributed by atoms with E-state index in [-0.39, 0.29) is 4.90 Å². The number of fused-ring (bicyclic) bond motifs is 1. The average Bonchev–Trinajstić information content (AvgIpc) is 3.20. The number of nitrogens with zero attached hydrogens (tertiary/aromatic N) is 2. The van der Waals surface area contributed by atoms with Crippen molar-refractivity contribution in [2.24, 2.45) is 0 Å². The van der Waals surface area contributed by atoms with E-state index in [1.165, 1.54) is 24.0 Å². The standard InChI is InChI=1S/C24H27N3O2S/c28-30(29,22-10-4-8-20-9-5-14-25-24(20)22)26-15-1-2-16-27-17-13-19-7-3-6-18-11-12-21(27)23(18)19/h3-10,14,21,26H,1-2,11-13,15-17H2. The summed E-state index contributed by atoms with van der Waals surface area (Å²) in [6.07, 6.45) is 6.97. The van der Waals surface area contributed by atoms with E-state index in [0.717, 1.165) is 37.7 Å². The first kappa shape index (κ1) is 19.7. The van der Waals surface area contributed by atoms with E-state index < -0.39 is 10.0 Å². The molecule has 2 heterocycles. The molecule has 1 aliphatic carbocycles. The Kier molecular flexibility index (Phi) is 5.31. The van der Waals surface area contributed by atoms with Gasteiger partial charge in [0.1, 0.15) is 4.90 Å². The van der Waals surface area contributed by atoms with Gasteiger partial charge >= 0.3 is 0 Å². The molecule has 5 nitrogen and oxygen atoms in total. The Balaban J connectivity index is 1.17. The Morgan fingerprint density at radius 1 is 1.00 bits per heavy atom. The third-order valence-corrected chi connectivity index (χ3v) is 7.96. The average molecular weight is 422 g/mol. The van der Waals surface area contributed by atoms with E-state index in [2.05, 4.69) is 32.8 Å². The van der Waals surface area contributed by atoms with E-state index in [0.29, 0.717) is 18.1 Å². The van der Waals surface area contributed by atoms with Crippen molar-refractivity contribution in [2.45, 2.75) is 43.0 Å². The van der Waals surface area contributed by atoms with Gasteiger partial charge < -0.3 is 0 Å². The second kappa shape index (κ2) is 8.10. The maximum Gasteiger partial charge on any atom is 0.242 e. The molecule has 0 spiro atoms. The topological polar surface area (TPSA) is 62.3 Å². The van der Waals surface area contributed by atoms with Crippen LogP contribution in [0.2, 0.25) is 0 Å². The molecule has 0 radical (unpaired) electrons. The lowest BCUT2D eigenvalue weighted by Crippen LogP contribution is -2.35. The molecule has 2 aliphatic rings. The minimum absolute atomic E-state index is 0.256. The molecule has 3 aromatic rings. The van der Waals surface area contributed by atoms with Crippen LogP contribution in [0.5, 0.6) is 0 Å². The third-order valence-electron chi connectivity index (χ3n) is 6.47. The Bertz CT molecular complexity index is 1170. The Hall–Kier alpha value is -2.28. The number of hydrogen-bond donors (Lipinski definition) is 1. The third kappa shape index (κ3) is 3.64. The SMILES string of the molecule is O=S(=O)(NCCCCN1CCc2cccc3c2C1CC3)c1cccc2cccnc12. The van der Waals surface area contributed by atoms with Crippen molar-refractivity contribution >= 4 is 20.9 Å². The summed E-state index contributed by atoms with van der Waals surface area (Å²) >= 11 is 0. The highest BCUT2D eigenvalue weighted by molar-refractivity contribution is 7.89. The van der Waals surface area contributed by atoms with E-state index >= 15 is 0 Å². The first-order valence-electron chi connectivity index (χ1n) is 10.8. The second-order valence-corrected chi connectivity index (χ2v) is 10.0. The predicted octanol–water partition coefficient (Wildman–Crippen LogP) is 3.84. The number of nitrogens with one attached hydrogen (secondary N) is 1. The quantitative estimate of drug-likeness (QED) is 0.589. The van der Waals surface area contributed by atoms with Crippen LogP contribution in [-0.4, -0.2) is 37.9 Å². The molecule has 5 rings (SSSR count). The highest BCUT2D eigenvalue weighted by atomic mass is 32.2. The number of aryl methyl sites for hydroxylation is 1. The van der Waals surface area contributed by atoms with Crippen molar-refractivity contribution < 1.29 is 8.42 Å². The molecule has 1 aromatic heterocycles. The number of aromatic nitrogens is 1. The van der Waals surface area contributed by atoms with Gasteiger partial charge in [0.2, 0.25) is 10.0 Å². The second-order valence-electron chi connectivity index (χ2n) is 8.27. The molecule has 1 unspecified atom stereocenters. The van der Waals surface area contributed by atoms with Crippen molar-refractivity contribution in [2.75, 3.05) is 19.6 Å². The van der Waals surface area contributed by atoms with Crippen LogP contribution >= 0.6 is 0 Å². The minimum atomic E-state index is -3.57. The maximum absolute atomic E-state index is 12.8. The number of unbranched alkanes of at least 4 members (excludes halogenated alkanes) is 1. The van der Waals surface area contributed by atoms with Crippen LogP contribution in [0.3, 0.4) is 0 Å². The molecular weight excluding hydrogens is 394 g/mol. The largest absolute Gasteiger partial charge is 0.296 e. The van der Waals surface area contributed by atoms with Crippen molar-refractivity contribution in [3.63, 3.8) is 0 Å². The van der Waals surface area contributed by atoms with Gasteiger partial charge in [0.05, 0.1) is 5.52 Å². The fourth-order valence-corrected chi connectivity index (χ4v) is 6.29. The van der Waals surface area contributed by atoms with E-state index in [1.807, 2.05) is 18.2 Å². The van der Waals surface area contributed by atoms with E-state index in [4.69, 9.17) is 0 Å². The van der Waals surface area contributed by atoms with Gasteiger partial charge in [0.25, 0.3) is 0 Å². The monoisotopic (exact) mass is 421 g/mol. The molecule has 1 aliphatic heterocycles. The van der Waals surface area contributed by atoms with Crippen molar-refractivity contribution in [3.05, 3.63) is 71.4 Å². The zero-order chi connectivity index (χ0) is 20.6. The normalized spacial score (nSPS) is 18.6. The summed E-state index contributed by atoms with van der Waals surface area (Å²) < 4.78 is 28.4. The van der Waals surface area contributed by atoms with Gasteiger partial charge in [-0.15, -0.1) is 0 Å². The summed E-state index contributed by atoms with van der Waals surface area (Å²) in [5.74, 6) is 0. The Morgan fingerprint density at radius 3 is 2.70 bits per heavy atom. The number of benzene rings is 2. The summed E-state index contributed by atoms with van der Waals surface area (Å²) in [6, 6.07) is 16.3. The van der Waals surface area contributed by atoms with Gasteiger partial charge in [-0.25, -0.2) is 13.1 Å². The zero-order valence-corrected chi connectivity index (χ0v) is 17.9. The van der Waals surface area contributed by atoms with Crippen LogP contribution < -0.4 is 4.72 Å². The lowest BCUT2D eigenvalue weighted by atomic mass is 9.93. The molecule has 30 heavy (non-hydrogen) atoms. The van der Waals surface area contributed by atoms with Crippen LogP contribution in [-0.2, 0) is 22.9 Å². The summed E-state index contributed by atoms with van der Waals surface area (Å²) in [6.45, 7) is 2.58. The van der Waals surface area contributed by atoms with E-state index in [1.54, 1.807) is 23.9 Å². The molecule has 6 heteroatoms. The fourth-order valence-electron chi connectivity index (χ4n) is 5.04. The molecule has 0 fully saturated rings. The van der Waals surface area contributed by atoms with Gasteiger partial charge in [0, 0.05) is 30.7 Å². The van der Waals surface area contributed by atoms with Crippen molar-refractivity contribution in [3.8, 4) is 0 Å². The molecular formula is C24H27N3O2S. The molecule has 156 valence electrons. The summed E-state index contributed by atoms with van der Waals surface area (Å²) in [5, 5.41) is 0.835. The molecule has 1 N–H and O–H groups in total. The van der Waals surface area contributed by atoms with Crippen molar-refractivity contribution in [1.82, 2.24) is 14.6 Å². The highest BCUT2D eigenvalue weighted by Gasteiger charge is 2.32. The molecule has 0 amide bonds. The summed E-state index contributed by atoms with van der Waals surface area (Å²) in [5.41, 5.74) is 5.16. The van der Waals surface area contributed by atoms with Crippen LogP contribution in [0, 0.1) is 0 Å². The van der Waals surface area contributed by atoms with Gasteiger partial charge in [-0.05, 0) is 67.5 Å². The van der Waals surface area contributed by atoms with Crippen LogP contribution in [0.4, 0.5) is 0 Å². The molecule has 0 bridgehead atoms. The van der Waals surface area contributed by atoms with Gasteiger partial charge in [0.15, 0.2) is 0 Å². The van der Waals surface area contributed by atoms with E-state index in [9.17, 15) is 8.42 Å². The number of sulfonamides is 1. The zero-order valence-electron chi connectivity index (χ0n) is 17.0. The smallest absolute Gasteiger partial charge is 0.242 e. The molecule has 0 saturated carbocycles. The highest BCUT2D eigenvalue weighted by Crippen LogP contribution is 2.41. The Morgan fingerprint density at radius 2 is 1.80 bits per heavy atom. The first-order chi connectivity index (χ1) is 14.6. The summed E-state index contributed by atoms with van der Waals surface area (Å²) in [4.78, 5) is 7.12. The van der Waals surface area contributed by atoms with Crippen LogP contribution in [0.15, 0.2) is 59.6 Å². The van der Waals surface area contributed by atoms with Gasteiger partial charge in [-0.1, -0.05) is 36.4 Å². The number of para-hydroxylation sites is 1. The maximum atomic E-state index is 12.8.